The average Bonchev–Trinajstić information content (AvgIpc) is 3.13. The molecule has 10 heteroatoms. The predicted molar refractivity (Wildman–Crippen MR) is 113 cm³/mol. The highest BCUT2D eigenvalue weighted by atomic mass is 35.5. The maximum Gasteiger partial charge on any atom is 0.434 e. The summed E-state index contributed by atoms with van der Waals surface area (Å²) in [4.78, 5) is 10.9. The van der Waals surface area contributed by atoms with E-state index in [1.54, 1.807) is 30.3 Å². The molecule has 0 unspecified atom stereocenters. The molecular formula is C20H13Cl3F3NO2S. The Labute approximate surface area is 189 Å². The molecule has 0 aliphatic heterocycles. The third kappa shape index (κ3) is 5.09. The zero-order valence-corrected chi connectivity index (χ0v) is 18.2. The molecule has 30 heavy (non-hydrogen) atoms. The molecule has 0 amide bonds. The van der Waals surface area contributed by atoms with E-state index in [9.17, 15) is 18.0 Å². The van der Waals surface area contributed by atoms with E-state index in [0.29, 0.717) is 27.4 Å². The highest BCUT2D eigenvalue weighted by Gasteiger charge is 2.38. The van der Waals surface area contributed by atoms with Gasteiger partial charge >= 0.3 is 6.18 Å². The van der Waals surface area contributed by atoms with Crippen LogP contribution in [-0.4, -0.2) is 10.7 Å². The van der Waals surface area contributed by atoms with Crippen LogP contribution in [0.2, 0.25) is 15.1 Å². The Morgan fingerprint density at radius 1 is 1.03 bits per heavy atom. The van der Waals surface area contributed by atoms with Gasteiger partial charge in [0.25, 0.3) is 0 Å². The quantitative estimate of drug-likeness (QED) is 0.319. The Morgan fingerprint density at radius 3 is 2.37 bits per heavy atom. The highest BCUT2D eigenvalue weighted by Crippen LogP contribution is 2.41. The van der Waals surface area contributed by atoms with Crippen LogP contribution in [0.1, 0.15) is 23.2 Å². The van der Waals surface area contributed by atoms with Gasteiger partial charge in [0.1, 0.15) is 23.7 Å². The summed E-state index contributed by atoms with van der Waals surface area (Å²) in [5.41, 5.74) is 0.0739. The van der Waals surface area contributed by atoms with Crippen molar-refractivity contribution in [3.05, 3.63) is 68.3 Å². The fourth-order valence-corrected chi connectivity index (χ4v) is 4.25. The molecule has 0 saturated carbocycles. The molecule has 158 valence electrons. The minimum absolute atomic E-state index is 0.0739. The minimum atomic E-state index is -4.64. The molecule has 0 N–H and O–H groups in total. The highest BCUT2D eigenvalue weighted by molar-refractivity contribution is 7.09. The summed E-state index contributed by atoms with van der Waals surface area (Å²) in [7, 11) is 0. The van der Waals surface area contributed by atoms with E-state index >= 15 is 0 Å². The number of nitrogens with zero attached hydrogens (tertiary/aromatic N) is 1. The maximum absolute atomic E-state index is 13.5. The number of alkyl halides is 3. The fourth-order valence-electron chi connectivity index (χ4n) is 2.73. The molecule has 3 rings (SSSR count). The van der Waals surface area contributed by atoms with Crippen molar-refractivity contribution < 1.29 is 22.7 Å². The van der Waals surface area contributed by atoms with E-state index < -0.39 is 18.5 Å². The Balaban J connectivity index is 1.92. The monoisotopic (exact) mass is 493 g/mol. The lowest BCUT2D eigenvalue weighted by Crippen LogP contribution is -2.11. The summed E-state index contributed by atoms with van der Waals surface area (Å²) in [5.74, 6) is 0.137. The predicted octanol–water partition coefficient (Wildman–Crippen LogP) is 7.50. The Hall–Kier alpha value is -1.80. The molecule has 0 radical (unpaired) electrons. The van der Waals surface area contributed by atoms with Gasteiger partial charge in [0.2, 0.25) is 0 Å². The molecule has 3 aromatic rings. The molecule has 3 nitrogen and oxygen atoms in total. The van der Waals surface area contributed by atoms with Crippen LogP contribution in [-0.2, 0) is 24.0 Å². The average molecular weight is 495 g/mol. The van der Waals surface area contributed by atoms with Gasteiger partial charge in [-0.15, -0.1) is 0 Å². The summed E-state index contributed by atoms with van der Waals surface area (Å²) in [6.07, 6.45) is -3.21. The van der Waals surface area contributed by atoms with Gasteiger partial charge in [-0.25, -0.2) is 0 Å². The molecule has 0 aliphatic rings. The van der Waals surface area contributed by atoms with Crippen LogP contribution >= 0.6 is 46.3 Å². The van der Waals surface area contributed by atoms with E-state index in [1.807, 2.05) is 0 Å². The Bertz CT molecular complexity index is 1050. The van der Waals surface area contributed by atoms with Gasteiger partial charge in [-0.05, 0) is 47.3 Å². The van der Waals surface area contributed by atoms with Gasteiger partial charge in [-0.1, -0.05) is 53.0 Å². The van der Waals surface area contributed by atoms with Crippen LogP contribution < -0.4 is 4.74 Å². The van der Waals surface area contributed by atoms with Crippen LogP contribution in [0.15, 0.2) is 36.4 Å². The number of carbonyl (C=O) groups excluding carboxylic acids is 1. The van der Waals surface area contributed by atoms with E-state index in [2.05, 4.69) is 4.37 Å². The topological polar surface area (TPSA) is 39.2 Å². The smallest absolute Gasteiger partial charge is 0.434 e. The molecule has 2 aromatic carbocycles. The standard InChI is InChI=1S/C20H13Cl3F3NO2S/c21-13-6-3-12(4-7-13)18-14(19(27-30-18)20(24,25)26)10-29-15-8-5-11(2-1-9-28)16(22)17(15)23/h3-9H,1-2,10H2. The third-order valence-corrected chi connectivity index (χ3v) is 6.29. The number of ether oxygens (including phenoxy) is 1. The SMILES string of the molecule is O=CCCc1ccc(OCc2c(C(F)(F)F)nsc2-c2ccc(Cl)cc2)c(Cl)c1Cl. The van der Waals surface area contributed by atoms with Gasteiger partial charge in [0.05, 0.1) is 9.90 Å². The summed E-state index contributed by atoms with van der Waals surface area (Å²) < 4.78 is 49.6. The largest absolute Gasteiger partial charge is 0.487 e. The third-order valence-electron chi connectivity index (χ3n) is 4.19. The lowest BCUT2D eigenvalue weighted by molar-refractivity contribution is -0.141. The van der Waals surface area contributed by atoms with E-state index in [1.165, 1.54) is 6.07 Å². The molecule has 0 saturated heterocycles. The Morgan fingerprint density at radius 2 is 1.73 bits per heavy atom. The van der Waals surface area contributed by atoms with Crippen LogP contribution in [0, 0.1) is 0 Å². The first-order chi connectivity index (χ1) is 14.2. The normalized spacial score (nSPS) is 11.5. The van der Waals surface area contributed by atoms with E-state index in [-0.39, 0.29) is 27.8 Å². The van der Waals surface area contributed by atoms with Crippen molar-refractivity contribution in [1.29, 1.82) is 0 Å². The van der Waals surface area contributed by atoms with Crippen LogP contribution in [0.3, 0.4) is 0 Å². The number of hydrogen-bond donors (Lipinski definition) is 0. The molecule has 1 aromatic heterocycles. The molecule has 0 atom stereocenters. The zero-order chi connectivity index (χ0) is 21.9. The molecule has 1 heterocycles. The molecule has 0 aliphatic carbocycles. The minimum Gasteiger partial charge on any atom is -0.487 e. The van der Waals surface area contributed by atoms with Crippen molar-refractivity contribution >= 4 is 52.6 Å². The number of rotatable bonds is 7. The number of hydrogen-bond acceptors (Lipinski definition) is 4. The van der Waals surface area contributed by atoms with Gasteiger partial charge in [0, 0.05) is 17.0 Å². The zero-order valence-electron chi connectivity index (χ0n) is 15.1. The van der Waals surface area contributed by atoms with Crippen molar-refractivity contribution in [3.8, 4) is 16.2 Å². The number of aldehydes is 1. The molecule has 0 bridgehead atoms. The van der Waals surface area contributed by atoms with Crippen LogP contribution in [0.5, 0.6) is 5.75 Å². The number of aromatic nitrogens is 1. The van der Waals surface area contributed by atoms with Crippen molar-refractivity contribution in [3.63, 3.8) is 0 Å². The summed E-state index contributed by atoms with van der Waals surface area (Å²) in [6.45, 7) is -0.410. The van der Waals surface area contributed by atoms with Crippen molar-refractivity contribution in [2.24, 2.45) is 0 Å². The number of halogens is 6. The number of benzene rings is 2. The lowest BCUT2D eigenvalue weighted by atomic mass is 10.1. The molecule has 0 fully saturated rings. The van der Waals surface area contributed by atoms with Crippen molar-refractivity contribution in [1.82, 2.24) is 4.37 Å². The van der Waals surface area contributed by atoms with Gasteiger partial charge < -0.3 is 9.53 Å². The summed E-state index contributed by atoms with van der Waals surface area (Å²) in [5, 5.41) is 0.742. The molecule has 0 spiro atoms. The lowest BCUT2D eigenvalue weighted by Gasteiger charge is -2.13. The van der Waals surface area contributed by atoms with Crippen molar-refractivity contribution in [2.75, 3.05) is 0 Å². The van der Waals surface area contributed by atoms with Gasteiger partial charge in [0.15, 0.2) is 5.69 Å². The second kappa shape index (κ2) is 9.56. The first-order valence-corrected chi connectivity index (χ1v) is 10.5. The van der Waals surface area contributed by atoms with Crippen LogP contribution in [0.25, 0.3) is 10.4 Å². The summed E-state index contributed by atoms with van der Waals surface area (Å²) in [6, 6.07) is 9.55. The van der Waals surface area contributed by atoms with E-state index in [4.69, 9.17) is 39.5 Å². The second-order valence-electron chi connectivity index (χ2n) is 6.19. The van der Waals surface area contributed by atoms with Crippen molar-refractivity contribution in [2.45, 2.75) is 25.6 Å². The summed E-state index contributed by atoms with van der Waals surface area (Å²) >= 11 is 19.0. The molecular weight excluding hydrogens is 482 g/mol. The fraction of sp³-hybridized carbons (Fsp3) is 0.200. The van der Waals surface area contributed by atoms with Crippen LogP contribution in [0.4, 0.5) is 13.2 Å². The number of carbonyl (C=O) groups is 1. The Kier molecular flexibility index (Phi) is 7.29. The first-order valence-electron chi connectivity index (χ1n) is 8.57. The first kappa shape index (κ1) is 22.9. The number of aryl methyl sites for hydroxylation is 1. The second-order valence-corrected chi connectivity index (χ2v) is 8.15. The van der Waals surface area contributed by atoms with Gasteiger partial charge in [-0.2, -0.15) is 17.5 Å². The van der Waals surface area contributed by atoms with E-state index in [0.717, 1.165) is 17.8 Å². The maximum atomic E-state index is 13.5. The van der Waals surface area contributed by atoms with Gasteiger partial charge in [-0.3, -0.25) is 0 Å².